The lowest BCUT2D eigenvalue weighted by Crippen LogP contribution is -2.21. The van der Waals surface area contributed by atoms with Crippen LogP contribution >= 0.6 is 11.3 Å². The van der Waals surface area contributed by atoms with Gasteiger partial charge in [-0.1, -0.05) is 246 Å². The van der Waals surface area contributed by atoms with E-state index in [1.54, 1.807) is 23.7 Å². The Morgan fingerprint density at radius 2 is 0.540 bits per heavy atom. The lowest BCUT2D eigenvalue weighted by Gasteiger charge is -2.08. The Morgan fingerprint density at radius 3 is 0.600 bits per heavy atom. The monoisotopic (exact) mass is 740 g/mol. The molecule has 1 aliphatic heterocycles. The summed E-state index contributed by atoms with van der Waals surface area (Å²) in [6.07, 6.45) is 7.72. The first-order valence-electron chi connectivity index (χ1n) is 22.0. The van der Waals surface area contributed by atoms with E-state index in [0.29, 0.717) is 0 Å². The van der Waals surface area contributed by atoms with E-state index in [9.17, 15) is 0 Å². The molecule has 3 rings (SSSR count). The van der Waals surface area contributed by atoms with Gasteiger partial charge in [-0.3, -0.25) is 4.98 Å². The second kappa shape index (κ2) is 417. The molecule has 4 heteroatoms. The largest absolute Gasteiger partial charge is 0.317 e. The zero-order chi connectivity index (χ0) is 44.0. The highest BCUT2D eigenvalue weighted by molar-refractivity contribution is 7.07. The van der Waals surface area contributed by atoms with Crippen molar-refractivity contribution in [1.82, 2.24) is 10.3 Å². The summed E-state index contributed by atoms with van der Waals surface area (Å²) in [4.78, 5) is 3.78. The van der Waals surface area contributed by atoms with Crippen LogP contribution < -0.4 is 5.32 Å². The number of aromatic nitrogens is 1. The van der Waals surface area contributed by atoms with E-state index in [2.05, 4.69) is 10.3 Å². The van der Waals surface area contributed by atoms with Gasteiger partial charge in [-0.05, 0) is 48.8 Å². The molecule has 2 aromatic heterocycles. The highest BCUT2D eigenvalue weighted by atomic mass is 32.1. The third-order valence-electron chi connectivity index (χ3n) is 2.20. The summed E-state index contributed by atoms with van der Waals surface area (Å²) in [5.74, 6) is 0. The SMILES string of the molecule is C1CCNCC1.CC.CC.CC.CC.CC.CC.CC.CC.CC.CC.CC.CC.CC.CC.CC.CC.[B].c1ccncc1.c1ccsc1. The molecule has 50 heavy (non-hydrogen) atoms. The molecule has 3 radical (unpaired) electrons. The molecule has 1 N–H and O–H groups in total. The predicted octanol–water partition coefficient (Wildman–Crippen LogP) is 19.6. The Kier molecular flexibility index (Phi) is 920. The van der Waals surface area contributed by atoms with Gasteiger partial charge in [0.05, 0.1) is 0 Å². The van der Waals surface area contributed by atoms with Crippen LogP contribution in [0.1, 0.15) is 241 Å². The first kappa shape index (κ1) is 110. The quantitative estimate of drug-likeness (QED) is 0.272. The fourth-order valence-electron chi connectivity index (χ4n) is 1.34. The summed E-state index contributed by atoms with van der Waals surface area (Å²) in [6.45, 7) is 66.5. The maximum absolute atomic E-state index is 3.78. The van der Waals surface area contributed by atoms with Gasteiger partial charge < -0.3 is 5.32 Å². The number of pyridine rings is 1. The molecule has 0 atom stereocenters. The lowest BCUT2D eigenvalue weighted by molar-refractivity contribution is 0.520. The van der Waals surface area contributed by atoms with Gasteiger partial charge in [0, 0.05) is 20.8 Å². The normalized spacial score (nSPS) is 6.56. The average molecular weight is 740 g/mol. The van der Waals surface area contributed by atoms with Crippen molar-refractivity contribution in [3.8, 4) is 0 Å². The second-order valence-electron chi connectivity index (χ2n) is 3.63. The molecule has 0 aromatic carbocycles. The van der Waals surface area contributed by atoms with Crippen molar-refractivity contribution in [2.24, 2.45) is 0 Å². The van der Waals surface area contributed by atoms with Crippen LogP contribution in [0.4, 0.5) is 0 Å². The smallest absolute Gasteiger partial charge is 0.0267 e. The number of nitrogens with zero attached hydrogens (tertiary/aromatic N) is 1. The van der Waals surface area contributed by atoms with Gasteiger partial charge in [0.25, 0.3) is 0 Å². The Morgan fingerprint density at radius 1 is 0.320 bits per heavy atom. The maximum Gasteiger partial charge on any atom is 0.0267 e. The molecular weight excluding hydrogens is 623 g/mol. The van der Waals surface area contributed by atoms with E-state index in [4.69, 9.17) is 0 Å². The van der Waals surface area contributed by atoms with Gasteiger partial charge >= 0.3 is 0 Å². The number of thiophene rings is 1. The minimum Gasteiger partial charge on any atom is -0.317 e. The van der Waals surface area contributed by atoms with Crippen LogP contribution in [0.25, 0.3) is 0 Å². The van der Waals surface area contributed by atoms with E-state index in [0.717, 1.165) is 0 Å². The molecule has 0 aliphatic carbocycles. The average Bonchev–Trinajstić information content (AvgIpc) is 3.92. The van der Waals surface area contributed by atoms with Crippen molar-refractivity contribution < 1.29 is 0 Å². The lowest BCUT2D eigenvalue weighted by atomic mass is 10.2. The summed E-state index contributed by atoms with van der Waals surface area (Å²) in [7, 11) is 0. The van der Waals surface area contributed by atoms with E-state index in [1.807, 2.05) is 263 Å². The van der Waals surface area contributed by atoms with Gasteiger partial charge in [0.2, 0.25) is 0 Å². The molecular formula is C46H116BN2S. The topological polar surface area (TPSA) is 24.9 Å². The molecule has 0 spiro atoms. The fourth-order valence-corrected chi connectivity index (χ4v) is 1.79. The zero-order valence-electron chi connectivity index (χ0n) is 42.7. The van der Waals surface area contributed by atoms with Crippen LogP contribution in [-0.2, 0) is 0 Å². The Hall–Kier alpha value is -1.13. The van der Waals surface area contributed by atoms with E-state index in [1.165, 1.54) is 32.4 Å². The summed E-state index contributed by atoms with van der Waals surface area (Å²) in [5.41, 5.74) is 0. The van der Waals surface area contributed by atoms with Crippen molar-refractivity contribution in [3.05, 3.63) is 53.5 Å². The van der Waals surface area contributed by atoms with Gasteiger partial charge in [0.1, 0.15) is 0 Å². The molecule has 2 aromatic rings. The van der Waals surface area contributed by atoms with Crippen LogP contribution in [0.15, 0.2) is 53.5 Å². The predicted molar refractivity (Wildman–Crippen MR) is 263 cm³/mol. The minimum absolute atomic E-state index is 0. The van der Waals surface area contributed by atoms with Crippen molar-refractivity contribution in [2.45, 2.75) is 241 Å². The van der Waals surface area contributed by atoms with E-state index in [-0.39, 0.29) is 8.41 Å². The molecule has 0 bridgehead atoms. The third kappa shape index (κ3) is 391. The summed E-state index contributed by atoms with van der Waals surface area (Å²) < 4.78 is 0. The zero-order valence-corrected chi connectivity index (χ0v) is 43.5. The number of hydrogen-bond donors (Lipinski definition) is 1. The molecule has 1 aliphatic rings. The first-order valence-corrected chi connectivity index (χ1v) is 23.0. The first-order chi connectivity index (χ1) is 24.5. The second-order valence-corrected chi connectivity index (χ2v) is 4.44. The Balaban J connectivity index is -0.0000000158. The summed E-state index contributed by atoms with van der Waals surface area (Å²) >= 11 is 1.71. The van der Waals surface area contributed by atoms with Crippen LogP contribution in [0.2, 0.25) is 0 Å². The third-order valence-corrected chi connectivity index (χ3v) is 2.83. The van der Waals surface area contributed by atoms with Gasteiger partial charge in [-0.2, -0.15) is 11.3 Å². The van der Waals surface area contributed by atoms with Crippen LogP contribution in [0, 0.1) is 0 Å². The van der Waals surface area contributed by atoms with Gasteiger partial charge in [0.15, 0.2) is 0 Å². The van der Waals surface area contributed by atoms with E-state index >= 15 is 0 Å². The number of piperidine rings is 1. The molecule has 0 amide bonds. The molecule has 0 saturated carbocycles. The maximum atomic E-state index is 3.78. The number of nitrogens with one attached hydrogen (secondary N) is 1. The number of rotatable bonds is 0. The van der Waals surface area contributed by atoms with Gasteiger partial charge in [-0.15, -0.1) is 0 Å². The standard InChI is InChI=1S/C5H11N.C5H5N.C4H4S.16C2H6.B/c2*1-2-4-6-5-3-1;1-2-4-5-3-1;16*1-2;/h6H,1-5H2;1-5H;1-4H;16*1-2H3;. The highest BCUT2D eigenvalue weighted by Crippen LogP contribution is 1.96. The van der Waals surface area contributed by atoms with E-state index < -0.39 is 0 Å². The Bertz CT molecular complexity index is 274. The highest BCUT2D eigenvalue weighted by Gasteiger charge is 1.93. The van der Waals surface area contributed by atoms with Crippen molar-refractivity contribution in [3.63, 3.8) is 0 Å². The summed E-state index contributed by atoms with van der Waals surface area (Å²) in [6, 6.07) is 9.75. The van der Waals surface area contributed by atoms with Crippen molar-refractivity contribution >= 4 is 19.7 Å². The van der Waals surface area contributed by atoms with Crippen LogP contribution in [0.3, 0.4) is 0 Å². The molecule has 3 heterocycles. The molecule has 0 unspecified atom stereocenters. The number of hydrogen-bond acceptors (Lipinski definition) is 3. The molecule has 2 nitrogen and oxygen atoms in total. The fraction of sp³-hybridized carbons (Fsp3) is 0.804. The Labute approximate surface area is 336 Å². The van der Waals surface area contributed by atoms with Crippen LogP contribution in [-0.4, -0.2) is 26.5 Å². The molecule has 319 valence electrons. The summed E-state index contributed by atoms with van der Waals surface area (Å²) in [5, 5.41) is 7.37. The van der Waals surface area contributed by atoms with Gasteiger partial charge in [-0.25, -0.2) is 0 Å². The minimum atomic E-state index is 0. The van der Waals surface area contributed by atoms with Crippen LogP contribution in [0.5, 0.6) is 0 Å². The van der Waals surface area contributed by atoms with Crippen molar-refractivity contribution in [1.29, 1.82) is 0 Å². The molecule has 1 saturated heterocycles. The molecule has 1 fully saturated rings. The van der Waals surface area contributed by atoms with Crippen molar-refractivity contribution in [2.75, 3.05) is 13.1 Å².